The number of fused-ring (bicyclic) bond motifs is 1. The predicted molar refractivity (Wildman–Crippen MR) is 179 cm³/mol. The summed E-state index contributed by atoms with van der Waals surface area (Å²) in [6, 6.07) is 14.0. The molecule has 1 aliphatic rings. The van der Waals surface area contributed by atoms with Gasteiger partial charge in [-0.3, -0.25) is 14.6 Å². The molecule has 1 aliphatic heterocycles. The van der Waals surface area contributed by atoms with Crippen LogP contribution in [0.25, 0.3) is 10.6 Å². The molecule has 0 bridgehead atoms. The summed E-state index contributed by atoms with van der Waals surface area (Å²) in [4.78, 5) is 48.0. The summed E-state index contributed by atoms with van der Waals surface area (Å²) >= 11 is 1.58. The lowest BCUT2D eigenvalue weighted by Crippen LogP contribution is -2.51. The number of hydrazine groups is 1. The van der Waals surface area contributed by atoms with Crippen LogP contribution in [0.4, 0.5) is 10.5 Å². The van der Waals surface area contributed by atoms with Crippen LogP contribution in [0.2, 0.25) is 0 Å². The fourth-order valence-electron chi connectivity index (χ4n) is 5.07. The van der Waals surface area contributed by atoms with E-state index in [9.17, 15) is 14.4 Å². The summed E-state index contributed by atoms with van der Waals surface area (Å²) in [5, 5.41) is 9.79. The Morgan fingerprint density at radius 3 is 2.27 bits per heavy atom. The van der Waals surface area contributed by atoms with Gasteiger partial charge in [0.15, 0.2) is 0 Å². The van der Waals surface area contributed by atoms with Gasteiger partial charge >= 0.3 is 6.09 Å². The Hall–Kier alpha value is -3.96. The van der Waals surface area contributed by atoms with Crippen LogP contribution in [0.1, 0.15) is 57.0 Å². The standard InChI is InChI=1S/C34H46N6O4S/c1-23(2)40(33(43)44-34(5,6)7)16-15-38(21-31(42)37(8)39-19-27-11-9-10-12-28(27)20-39)30(41)18-35-29-17-26(14-13-24(29)3)32-36-25(4)22-45-32/h9-14,17,22-23,35H,15-16,18-21H2,1-8H3. The Bertz CT molecular complexity index is 1490. The Labute approximate surface area is 270 Å². The largest absolute Gasteiger partial charge is 0.444 e. The molecule has 45 heavy (non-hydrogen) atoms. The topological polar surface area (TPSA) is 98.3 Å². The number of aromatic nitrogens is 1. The van der Waals surface area contributed by atoms with Gasteiger partial charge in [0.2, 0.25) is 5.91 Å². The van der Waals surface area contributed by atoms with Gasteiger partial charge in [0.1, 0.15) is 17.2 Å². The average molecular weight is 635 g/mol. The number of carbonyl (C=O) groups is 3. The molecule has 0 spiro atoms. The van der Waals surface area contributed by atoms with Crippen molar-refractivity contribution in [2.45, 2.75) is 73.2 Å². The maximum Gasteiger partial charge on any atom is 0.410 e. The van der Waals surface area contributed by atoms with Gasteiger partial charge in [0, 0.05) is 61.6 Å². The SMILES string of the molecule is Cc1csc(-c2ccc(C)c(NCC(=O)N(CCN(C(=O)OC(C)(C)C)C(C)C)CC(=O)N(C)N3Cc4ccccc4C3)c2)n1. The maximum atomic E-state index is 13.8. The molecule has 3 aromatic rings. The van der Waals surface area contributed by atoms with E-state index in [1.807, 2.05) is 89.2 Å². The molecule has 0 radical (unpaired) electrons. The van der Waals surface area contributed by atoms with Crippen LogP contribution in [0.15, 0.2) is 47.8 Å². The van der Waals surface area contributed by atoms with Crippen molar-refractivity contribution in [3.63, 3.8) is 0 Å². The zero-order chi connectivity index (χ0) is 32.9. The smallest absolute Gasteiger partial charge is 0.410 e. The van der Waals surface area contributed by atoms with E-state index in [-0.39, 0.29) is 44.0 Å². The summed E-state index contributed by atoms with van der Waals surface area (Å²) in [7, 11) is 1.74. The van der Waals surface area contributed by atoms with E-state index >= 15 is 0 Å². The van der Waals surface area contributed by atoms with Gasteiger partial charge in [-0.25, -0.2) is 14.8 Å². The minimum atomic E-state index is -0.653. The average Bonchev–Trinajstić information content (AvgIpc) is 3.60. The normalized spacial score (nSPS) is 13.0. The van der Waals surface area contributed by atoms with Crippen LogP contribution in [-0.2, 0) is 27.4 Å². The number of amides is 3. The molecule has 0 aliphatic carbocycles. The van der Waals surface area contributed by atoms with Gasteiger partial charge in [0.25, 0.3) is 5.91 Å². The molecular weight excluding hydrogens is 588 g/mol. The summed E-state index contributed by atoms with van der Waals surface area (Å²) in [6.45, 7) is 14.7. The molecular formula is C34H46N6O4S. The molecule has 11 heteroatoms. The highest BCUT2D eigenvalue weighted by atomic mass is 32.1. The molecule has 0 atom stereocenters. The molecule has 0 fully saturated rings. The number of nitrogens with one attached hydrogen (secondary N) is 1. The van der Waals surface area contributed by atoms with E-state index in [1.54, 1.807) is 28.3 Å². The van der Waals surface area contributed by atoms with Gasteiger partial charge in [0.05, 0.1) is 6.54 Å². The molecule has 242 valence electrons. The summed E-state index contributed by atoms with van der Waals surface area (Å²) in [5.74, 6) is -0.453. The van der Waals surface area contributed by atoms with Crippen LogP contribution >= 0.6 is 11.3 Å². The van der Waals surface area contributed by atoms with Crippen molar-refractivity contribution in [3.8, 4) is 10.6 Å². The second-order valence-corrected chi connectivity index (χ2v) is 13.6. The number of carbonyl (C=O) groups excluding carboxylic acids is 3. The number of nitrogens with zero attached hydrogens (tertiary/aromatic N) is 5. The minimum absolute atomic E-state index is 0.0124. The molecule has 2 heterocycles. The fraction of sp³-hybridized carbons (Fsp3) is 0.471. The number of thiazole rings is 1. The van der Waals surface area contributed by atoms with E-state index in [0.29, 0.717) is 13.1 Å². The molecule has 1 N–H and O–H groups in total. The highest BCUT2D eigenvalue weighted by Gasteiger charge is 2.29. The molecule has 2 aromatic carbocycles. The van der Waals surface area contributed by atoms with Crippen LogP contribution in [0.5, 0.6) is 0 Å². The third-order valence-corrected chi connectivity index (χ3v) is 8.69. The first kappa shape index (κ1) is 33.9. The monoisotopic (exact) mass is 634 g/mol. The van der Waals surface area contributed by atoms with Crippen LogP contribution in [-0.4, -0.2) is 87.6 Å². The highest BCUT2D eigenvalue weighted by molar-refractivity contribution is 7.13. The lowest BCUT2D eigenvalue weighted by atomic mass is 10.1. The van der Waals surface area contributed by atoms with E-state index in [4.69, 9.17) is 4.74 Å². The number of aryl methyl sites for hydroxylation is 2. The van der Waals surface area contributed by atoms with Crippen molar-refractivity contribution in [1.82, 2.24) is 24.8 Å². The van der Waals surface area contributed by atoms with Crippen molar-refractivity contribution >= 4 is 34.9 Å². The number of likely N-dealkylation sites (N-methyl/N-ethyl adjacent to an activating group) is 1. The number of rotatable bonds is 11. The quantitative estimate of drug-likeness (QED) is 0.289. The van der Waals surface area contributed by atoms with Crippen LogP contribution < -0.4 is 5.32 Å². The Balaban J connectivity index is 1.48. The van der Waals surface area contributed by atoms with Crippen molar-refractivity contribution in [1.29, 1.82) is 0 Å². The first-order chi connectivity index (χ1) is 21.2. The van der Waals surface area contributed by atoms with Crippen LogP contribution in [0, 0.1) is 13.8 Å². The number of benzene rings is 2. The number of ether oxygens (including phenoxy) is 1. The van der Waals surface area contributed by atoms with Gasteiger partial charge in [-0.1, -0.05) is 36.4 Å². The number of hydrogen-bond acceptors (Lipinski definition) is 8. The molecule has 1 aromatic heterocycles. The molecule has 0 unspecified atom stereocenters. The molecule has 10 nitrogen and oxygen atoms in total. The van der Waals surface area contributed by atoms with Gasteiger partial charge in [-0.15, -0.1) is 11.3 Å². The maximum absolute atomic E-state index is 13.8. The first-order valence-electron chi connectivity index (χ1n) is 15.3. The zero-order valence-corrected chi connectivity index (χ0v) is 28.5. The number of hydrogen-bond donors (Lipinski definition) is 1. The van der Waals surface area contributed by atoms with E-state index < -0.39 is 11.7 Å². The minimum Gasteiger partial charge on any atom is -0.444 e. The first-order valence-corrected chi connectivity index (χ1v) is 16.2. The molecule has 0 saturated heterocycles. The Kier molecular flexibility index (Phi) is 10.9. The van der Waals surface area contributed by atoms with Crippen LogP contribution in [0.3, 0.4) is 0 Å². The zero-order valence-electron chi connectivity index (χ0n) is 27.7. The lowest BCUT2D eigenvalue weighted by Gasteiger charge is -2.33. The molecule has 4 rings (SSSR count). The second kappa shape index (κ2) is 14.4. The highest BCUT2D eigenvalue weighted by Crippen LogP contribution is 2.28. The van der Waals surface area contributed by atoms with E-state index in [1.165, 1.54) is 16.0 Å². The predicted octanol–water partition coefficient (Wildman–Crippen LogP) is 5.70. The molecule has 3 amide bonds. The lowest BCUT2D eigenvalue weighted by molar-refractivity contribution is -0.151. The summed E-state index contributed by atoms with van der Waals surface area (Å²) in [6.07, 6.45) is -0.453. The third kappa shape index (κ3) is 9.04. The Morgan fingerprint density at radius 2 is 1.69 bits per heavy atom. The van der Waals surface area contributed by atoms with Crippen molar-refractivity contribution in [2.24, 2.45) is 0 Å². The fourth-order valence-corrected chi connectivity index (χ4v) is 5.86. The van der Waals surface area contributed by atoms with E-state index in [2.05, 4.69) is 22.4 Å². The molecule has 0 saturated carbocycles. The second-order valence-electron chi connectivity index (χ2n) is 12.8. The summed E-state index contributed by atoms with van der Waals surface area (Å²) in [5.41, 5.74) is 5.47. The Morgan fingerprint density at radius 1 is 1.02 bits per heavy atom. The number of anilines is 1. The van der Waals surface area contributed by atoms with E-state index in [0.717, 1.165) is 27.5 Å². The van der Waals surface area contributed by atoms with Crippen molar-refractivity contribution in [3.05, 3.63) is 70.2 Å². The third-order valence-electron chi connectivity index (χ3n) is 7.68. The summed E-state index contributed by atoms with van der Waals surface area (Å²) < 4.78 is 5.62. The van der Waals surface area contributed by atoms with Gasteiger partial charge < -0.3 is 19.9 Å². The van der Waals surface area contributed by atoms with Gasteiger partial charge in [-0.05, 0) is 71.2 Å². The van der Waals surface area contributed by atoms with Crippen molar-refractivity contribution in [2.75, 3.05) is 38.5 Å². The van der Waals surface area contributed by atoms with Crippen molar-refractivity contribution < 1.29 is 19.1 Å². The van der Waals surface area contributed by atoms with Gasteiger partial charge in [-0.2, -0.15) is 0 Å².